The number of nitrogens with zero attached hydrogens (tertiary/aromatic N) is 1. The average molecular weight is 227 g/mol. The highest BCUT2D eigenvalue weighted by Crippen LogP contribution is 2.48. The normalized spacial score (nSPS) is 20.6. The Balaban J connectivity index is 2.29. The highest BCUT2D eigenvalue weighted by atomic mass is 16.5. The van der Waals surface area contributed by atoms with Crippen molar-refractivity contribution in [3.63, 3.8) is 0 Å². The Bertz CT molecular complexity index is 236. The van der Waals surface area contributed by atoms with Crippen LogP contribution in [-0.2, 0) is 4.74 Å². The van der Waals surface area contributed by atoms with Crippen molar-refractivity contribution in [3.05, 3.63) is 0 Å². The second-order valence-corrected chi connectivity index (χ2v) is 4.90. The topological polar surface area (TPSA) is 59.6 Å². The molecule has 0 bridgehead atoms. The molecule has 1 atom stereocenters. The SMILES string of the molecule is CCC(C)NC(N)=NCC1(CCOC)CC1. The first kappa shape index (κ1) is 13.3. The van der Waals surface area contributed by atoms with Gasteiger partial charge in [0, 0.05) is 26.3 Å². The van der Waals surface area contributed by atoms with Gasteiger partial charge in [0.2, 0.25) is 0 Å². The number of aliphatic imine (C=N–C) groups is 1. The molecule has 1 aliphatic rings. The Morgan fingerprint density at radius 1 is 1.56 bits per heavy atom. The van der Waals surface area contributed by atoms with E-state index in [1.165, 1.54) is 12.8 Å². The maximum atomic E-state index is 5.82. The van der Waals surface area contributed by atoms with Crippen LogP contribution in [0.4, 0.5) is 0 Å². The molecule has 0 aromatic heterocycles. The zero-order valence-corrected chi connectivity index (χ0v) is 10.8. The third kappa shape index (κ3) is 4.39. The molecule has 0 heterocycles. The summed E-state index contributed by atoms with van der Waals surface area (Å²) in [5, 5.41) is 3.18. The maximum absolute atomic E-state index is 5.82. The van der Waals surface area contributed by atoms with Crippen molar-refractivity contribution >= 4 is 5.96 Å². The standard InChI is InChI=1S/C12H25N3O/c1-4-10(2)15-11(13)14-9-12(5-6-12)7-8-16-3/h10H,4-9H2,1-3H3,(H3,13,14,15). The molecule has 94 valence electrons. The van der Waals surface area contributed by atoms with Crippen LogP contribution in [0.5, 0.6) is 0 Å². The van der Waals surface area contributed by atoms with Gasteiger partial charge in [-0.3, -0.25) is 4.99 Å². The number of rotatable bonds is 7. The number of hydrogen-bond acceptors (Lipinski definition) is 2. The average Bonchev–Trinajstić information content (AvgIpc) is 3.04. The lowest BCUT2D eigenvalue weighted by Crippen LogP contribution is -2.38. The fourth-order valence-electron chi connectivity index (χ4n) is 1.64. The lowest BCUT2D eigenvalue weighted by molar-refractivity contribution is 0.174. The summed E-state index contributed by atoms with van der Waals surface area (Å²) >= 11 is 0. The monoisotopic (exact) mass is 227 g/mol. The third-order valence-electron chi connectivity index (χ3n) is 3.39. The van der Waals surface area contributed by atoms with Crippen LogP contribution in [0.1, 0.15) is 39.5 Å². The van der Waals surface area contributed by atoms with Crippen molar-refractivity contribution in [2.24, 2.45) is 16.1 Å². The minimum absolute atomic E-state index is 0.387. The summed E-state index contributed by atoms with van der Waals surface area (Å²) in [7, 11) is 1.75. The first-order chi connectivity index (χ1) is 7.62. The Morgan fingerprint density at radius 3 is 2.75 bits per heavy atom. The molecular weight excluding hydrogens is 202 g/mol. The molecule has 0 saturated heterocycles. The predicted octanol–water partition coefficient (Wildman–Crippen LogP) is 1.51. The fourth-order valence-corrected chi connectivity index (χ4v) is 1.64. The zero-order valence-electron chi connectivity index (χ0n) is 10.8. The molecule has 4 nitrogen and oxygen atoms in total. The van der Waals surface area contributed by atoms with E-state index in [9.17, 15) is 0 Å². The van der Waals surface area contributed by atoms with Crippen LogP contribution in [-0.4, -0.2) is 32.3 Å². The van der Waals surface area contributed by atoms with Crippen molar-refractivity contribution in [1.82, 2.24) is 5.32 Å². The molecule has 0 spiro atoms. The summed E-state index contributed by atoms with van der Waals surface area (Å²) < 4.78 is 5.11. The van der Waals surface area contributed by atoms with Gasteiger partial charge < -0.3 is 15.8 Å². The molecule has 0 aliphatic heterocycles. The van der Waals surface area contributed by atoms with Gasteiger partial charge >= 0.3 is 0 Å². The quantitative estimate of drug-likeness (QED) is 0.512. The number of methoxy groups -OCH3 is 1. The van der Waals surface area contributed by atoms with Gasteiger partial charge in [0.15, 0.2) is 5.96 Å². The van der Waals surface area contributed by atoms with E-state index in [0.29, 0.717) is 17.4 Å². The largest absolute Gasteiger partial charge is 0.385 e. The number of hydrogen-bond donors (Lipinski definition) is 2. The molecule has 1 unspecified atom stereocenters. The molecular formula is C12H25N3O. The summed E-state index contributed by atoms with van der Waals surface area (Å²) in [4.78, 5) is 4.43. The summed E-state index contributed by atoms with van der Waals surface area (Å²) in [6.07, 6.45) is 4.68. The Morgan fingerprint density at radius 2 is 2.25 bits per heavy atom. The first-order valence-electron chi connectivity index (χ1n) is 6.17. The van der Waals surface area contributed by atoms with Crippen LogP contribution in [0, 0.1) is 5.41 Å². The molecule has 4 heteroatoms. The van der Waals surface area contributed by atoms with Gasteiger partial charge in [-0.15, -0.1) is 0 Å². The Labute approximate surface area is 98.6 Å². The molecule has 0 amide bonds. The Hall–Kier alpha value is -0.770. The van der Waals surface area contributed by atoms with E-state index in [0.717, 1.165) is 26.0 Å². The molecule has 1 saturated carbocycles. The molecule has 0 radical (unpaired) electrons. The van der Waals surface area contributed by atoms with Gasteiger partial charge in [0.1, 0.15) is 0 Å². The fraction of sp³-hybridized carbons (Fsp3) is 0.917. The van der Waals surface area contributed by atoms with E-state index < -0.39 is 0 Å². The van der Waals surface area contributed by atoms with Crippen LogP contribution in [0.25, 0.3) is 0 Å². The second kappa shape index (κ2) is 6.09. The van der Waals surface area contributed by atoms with E-state index in [4.69, 9.17) is 10.5 Å². The summed E-state index contributed by atoms with van der Waals surface area (Å²) in [5.41, 5.74) is 6.21. The van der Waals surface area contributed by atoms with Crippen LogP contribution in [0.3, 0.4) is 0 Å². The molecule has 1 aliphatic carbocycles. The van der Waals surface area contributed by atoms with E-state index >= 15 is 0 Å². The van der Waals surface area contributed by atoms with Crippen molar-refractivity contribution in [3.8, 4) is 0 Å². The molecule has 16 heavy (non-hydrogen) atoms. The molecule has 0 aromatic carbocycles. The van der Waals surface area contributed by atoms with Crippen LogP contribution in [0.2, 0.25) is 0 Å². The zero-order chi connectivity index (χ0) is 12.0. The van der Waals surface area contributed by atoms with Crippen molar-refractivity contribution in [2.75, 3.05) is 20.3 Å². The summed E-state index contributed by atoms with van der Waals surface area (Å²) in [6, 6.07) is 0.401. The smallest absolute Gasteiger partial charge is 0.188 e. The van der Waals surface area contributed by atoms with Gasteiger partial charge in [0.05, 0.1) is 0 Å². The van der Waals surface area contributed by atoms with E-state index in [2.05, 4.69) is 24.2 Å². The van der Waals surface area contributed by atoms with Gasteiger partial charge in [-0.1, -0.05) is 6.92 Å². The summed E-state index contributed by atoms with van der Waals surface area (Å²) in [6.45, 7) is 5.91. The van der Waals surface area contributed by atoms with Crippen LogP contribution >= 0.6 is 0 Å². The van der Waals surface area contributed by atoms with Gasteiger partial charge in [-0.2, -0.15) is 0 Å². The van der Waals surface area contributed by atoms with E-state index in [-0.39, 0.29) is 0 Å². The minimum atomic E-state index is 0.387. The predicted molar refractivity (Wildman–Crippen MR) is 67.5 cm³/mol. The lowest BCUT2D eigenvalue weighted by Gasteiger charge is -2.14. The lowest BCUT2D eigenvalue weighted by atomic mass is 10.0. The highest BCUT2D eigenvalue weighted by molar-refractivity contribution is 5.78. The van der Waals surface area contributed by atoms with Crippen molar-refractivity contribution in [1.29, 1.82) is 0 Å². The highest BCUT2D eigenvalue weighted by Gasteiger charge is 2.41. The number of nitrogens with two attached hydrogens (primary N) is 1. The van der Waals surface area contributed by atoms with Crippen molar-refractivity contribution in [2.45, 2.75) is 45.6 Å². The van der Waals surface area contributed by atoms with E-state index in [1.54, 1.807) is 7.11 Å². The number of ether oxygens (including phenoxy) is 1. The number of nitrogens with one attached hydrogen (secondary N) is 1. The molecule has 1 fully saturated rings. The third-order valence-corrected chi connectivity index (χ3v) is 3.39. The van der Waals surface area contributed by atoms with Crippen LogP contribution < -0.4 is 11.1 Å². The minimum Gasteiger partial charge on any atom is -0.385 e. The molecule has 0 aromatic rings. The van der Waals surface area contributed by atoms with Gasteiger partial charge in [-0.05, 0) is 38.0 Å². The van der Waals surface area contributed by atoms with Gasteiger partial charge in [0.25, 0.3) is 0 Å². The summed E-state index contributed by atoms with van der Waals surface area (Å²) in [5.74, 6) is 0.582. The Kier molecular flexibility index (Phi) is 5.06. The molecule has 3 N–H and O–H groups in total. The first-order valence-corrected chi connectivity index (χ1v) is 6.17. The number of guanidine groups is 1. The second-order valence-electron chi connectivity index (χ2n) is 4.90. The molecule has 1 rings (SSSR count). The van der Waals surface area contributed by atoms with Gasteiger partial charge in [-0.25, -0.2) is 0 Å². The van der Waals surface area contributed by atoms with Crippen LogP contribution in [0.15, 0.2) is 4.99 Å². The van der Waals surface area contributed by atoms with Crippen molar-refractivity contribution < 1.29 is 4.74 Å². The maximum Gasteiger partial charge on any atom is 0.188 e. The van der Waals surface area contributed by atoms with E-state index in [1.807, 2.05) is 0 Å².